The van der Waals surface area contributed by atoms with Gasteiger partial charge in [0, 0.05) is 12.2 Å². The molecule has 3 aromatic heterocycles. The van der Waals surface area contributed by atoms with E-state index in [4.69, 9.17) is 4.42 Å². The number of amides is 1. The zero-order valence-corrected chi connectivity index (χ0v) is 18.1. The Morgan fingerprint density at radius 2 is 2.07 bits per heavy atom. The number of nitrogens with one attached hydrogen (secondary N) is 1. The lowest BCUT2D eigenvalue weighted by atomic mass is 10.3. The Labute approximate surface area is 182 Å². The zero-order valence-electron chi connectivity index (χ0n) is 16.4. The summed E-state index contributed by atoms with van der Waals surface area (Å²) < 4.78 is 7.52. The molecule has 9 heteroatoms. The predicted octanol–water partition coefficient (Wildman–Crippen LogP) is 4.81. The monoisotopic (exact) mass is 439 g/mol. The Hall–Kier alpha value is -2.91. The summed E-state index contributed by atoms with van der Waals surface area (Å²) in [5.41, 5.74) is 1.28. The maximum Gasteiger partial charge on any atom is 0.273 e. The molecule has 0 atom stereocenters. The third kappa shape index (κ3) is 4.63. The lowest BCUT2D eigenvalue weighted by Gasteiger charge is -2.08. The Morgan fingerprint density at radius 3 is 2.83 bits per heavy atom. The first-order chi connectivity index (χ1) is 14.8. The van der Waals surface area contributed by atoms with Gasteiger partial charge >= 0.3 is 0 Å². The summed E-state index contributed by atoms with van der Waals surface area (Å²) in [5.74, 6) is 1.50. The predicted molar refractivity (Wildman–Crippen MR) is 118 cm³/mol. The van der Waals surface area contributed by atoms with Crippen molar-refractivity contribution in [3.05, 3.63) is 65.7 Å². The van der Waals surface area contributed by atoms with E-state index >= 15 is 0 Å². The van der Waals surface area contributed by atoms with Crippen molar-refractivity contribution in [3.8, 4) is 16.4 Å². The van der Waals surface area contributed by atoms with Crippen molar-refractivity contribution in [1.29, 1.82) is 0 Å². The number of thioether (sulfide) groups is 1. The normalized spacial score (nSPS) is 11.0. The van der Waals surface area contributed by atoms with Gasteiger partial charge in [-0.05, 0) is 30.0 Å². The maximum absolute atomic E-state index is 12.1. The molecule has 154 valence electrons. The van der Waals surface area contributed by atoms with Crippen LogP contribution < -0.4 is 5.32 Å². The van der Waals surface area contributed by atoms with Crippen molar-refractivity contribution in [1.82, 2.24) is 25.1 Å². The van der Waals surface area contributed by atoms with Crippen LogP contribution in [-0.4, -0.2) is 32.2 Å². The Morgan fingerprint density at radius 1 is 1.20 bits per heavy atom. The SMILES string of the molecule is CCCCNC(=O)c1coc(CSc2nnc(-c3cccs3)n2-c2ccccc2)n1. The van der Waals surface area contributed by atoms with Gasteiger partial charge in [-0.3, -0.25) is 9.36 Å². The van der Waals surface area contributed by atoms with Gasteiger partial charge in [-0.25, -0.2) is 4.98 Å². The van der Waals surface area contributed by atoms with Crippen molar-refractivity contribution in [3.63, 3.8) is 0 Å². The summed E-state index contributed by atoms with van der Waals surface area (Å²) >= 11 is 3.08. The van der Waals surface area contributed by atoms with Crippen LogP contribution in [0.5, 0.6) is 0 Å². The first-order valence-electron chi connectivity index (χ1n) is 9.66. The maximum atomic E-state index is 12.1. The topological polar surface area (TPSA) is 85.8 Å². The third-order valence-corrected chi connectivity index (χ3v) is 6.09. The summed E-state index contributed by atoms with van der Waals surface area (Å²) in [6, 6.07) is 14.0. The Balaban J connectivity index is 1.51. The average molecular weight is 440 g/mol. The minimum atomic E-state index is -0.212. The van der Waals surface area contributed by atoms with Crippen molar-refractivity contribution < 1.29 is 9.21 Å². The number of para-hydroxylation sites is 1. The molecular formula is C21H21N5O2S2. The molecule has 0 radical (unpaired) electrons. The molecule has 1 aromatic carbocycles. The van der Waals surface area contributed by atoms with E-state index in [9.17, 15) is 4.79 Å². The minimum Gasteiger partial charge on any atom is -0.447 e. The number of nitrogens with zero attached hydrogens (tertiary/aromatic N) is 4. The molecule has 0 aliphatic heterocycles. The molecule has 0 unspecified atom stereocenters. The van der Waals surface area contributed by atoms with Crippen LogP contribution in [-0.2, 0) is 5.75 Å². The number of carbonyl (C=O) groups excluding carboxylic acids is 1. The molecule has 7 nitrogen and oxygen atoms in total. The third-order valence-electron chi connectivity index (χ3n) is 4.31. The number of thiophene rings is 1. The van der Waals surface area contributed by atoms with Crippen LogP contribution in [0.25, 0.3) is 16.4 Å². The fourth-order valence-corrected chi connectivity index (χ4v) is 4.32. The van der Waals surface area contributed by atoms with E-state index in [-0.39, 0.29) is 5.91 Å². The largest absolute Gasteiger partial charge is 0.447 e. The second kappa shape index (κ2) is 9.73. The first-order valence-corrected chi connectivity index (χ1v) is 11.5. The number of hydrogen-bond acceptors (Lipinski definition) is 7. The van der Waals surface area contributed by atoms with Gasteiger partial charge in [0.15, 0.2) is 16.7 Å². The fourth-order valence-electron chi connectivity index (χ4n) is 2.82. The molecule has 0 aliphatic rings. The number of hydrogen-bond donors (Lipinski definition) is 1. The average Bonchev–Trinajstić information content (AvgIpc) is 3.53. The molecule has 30 heavy (non-hydrogen) atoms. The van der Waals surface area contributed by atoms with Gasteiger partial charge < -0.3 is 9.73 Å². The first kappa shape index (κ1) is 20.4. The van der Waals surface area contributed by atoms with Crippen molar-refractivity contribution in [2.45, 2.75) is 30.7 Å². The van der Waals surface area contributed by atoms with Gasteiger partial charge in [0.25, 0.3) is 5.91 Å². The van der Waals surface area contributed by atoms with Gasteiger partial charge in [-0.15, -0.1) is 21.5 Å². The van der Waals surface area contributed by atoms with E-state index in [1.54, 1.807) is 11.3 Å². The van der Waals surface area contributed by atoms with Crippen LogP contribution in [0.1, 0.15) is 36.1 Å². The number of benzene rings is 1. The smallest absolute Gasteiger partial charge is 0.273 e. The standard InChI is InChI=1S/C21H21N5O2S2/c1-2-3-11-22-20(27)16-13-28-18(23-16)14-30-21-25-24-19(17-10-7-12-29-17)26(21)15-8-5-4-6-9-15/h4-10,12-13H,2-3,11,14H2,1H3,(H,22,27). The van der Waals surface area contributed by atoms with Crippen LogP contribution in [0.3, 0.4) is 0 Å². The Kier molecular flexibility index (Phi) is 6.60. The summed E-state index contributed by atoms with van der Waals surface area (Å²) in [5, 5.41) is 14.4. The molecule has 0 aliphatic carbocycles. The van der Waals surface area contributed by atoms with E-state index in [1.165, 1.54) is 18.0 Å². The van der Waals surface area contributed by atoms with Crippen LogP contribution in [0.15, 0.2) is 63.7 Å². The molecule has 0 saturated heterocycles. The van der Waals surface area contributed by atoms with Gasteiger partial charge in [0.1, 0.15) is 6.26 Å². The van der Waals surface area contributed by atoms with Crippen LogP contribution in [0.2, 0.25) is 0 Å². The van der Waals surface area contributed by atoms with Gasteiger partial charge in [0.2, 0.25) is 5.89 Å². The van der Waals surface area contributed by atoms with Crippen molar-refractivity contribution in [2.24, 2.45) is 0 Å². The lowest BCUT2D eigenvalue weighted by Crippen LogP contribution is -2.24. The number of rotatable bonds is 9. The van der Waals surface area contributed by atoms with E-state index < -0.39 is 0 Å². The highest BCUT2D eigenvalue weighted by Gasteiger charge is 2.18. The fraction of sp³-hybridized carbons (Fsp3) is 0.238. The highest BCUT2D eigenvalue weighted by molar-refractivity contribution is 7.98. The summed E-state index contributed by atoms with van der Waals surface area (Å²) in [4.78, 5) is 17.5. The molecule has 0 bridgehead atoms. The van der Waals surface area contributed by atoms with Crippen LogP contribution >= 0.6 is 23.1 Å². The van der Waals surface area contributed by atoms with Gasteiger partial charge in [-0.2, -0.15) is 0 Å². The number of unbranched alkanes of at least 4 members (excludes halogenated alkanes) is 1. The van der Waals surface area contributed by atoms with Crippen LogP contribution in [0, 0.1) is 0 Å². The number of oxazole rings is 1. The molecule has 4 aromatic rings. The van der Waals surface area contributed by atoms with E-state index in [0.29, 0.717) is 23.9 Å². The number of aromatic nitrogens is 4. The van der Waals surface area contributed by atoms with Crippen molar-refractivity contribution >= 4 is 29.0 Å². The van der Waals surface area contributed by atoms with Gasteiger partial charge in [0.05, 0.1) is 10.6 Å². The number of carbonyl (C=O) groups is 1. The van der Waals surface area contributed by atoms with Crippen LogP contribution in [0.4, 0.5) is 0 Å². The zero-order chi connectivity index (χ0) is 20.8. The van der Waals surface area contributed by atoms with E-state index in [1.807, 2.05) is 52.4 Å². The highest BCUT2D eigenvalue weighted by atomic mass is 32.2. The molecular weight excluding hydrogens is 418 g/mol. The molecule has 0 fully saturated rings. The molecule has 0 saturated carbocycles. The summed E-state index contributed by atoms with van der Waals surface area (Å²) in [7, 11) is 0. The molecule has 1 N–H and O–H groups in total. The lowest BCUT2D eigenvalue weighted by molar-refractivity contribution is 0.0948. The van der Waals surface area contributed by atoms with E-state index in [0.717, 1.165) is 34.4 Å². The quantitative estimate of drug-likeness (QED) is 0.298. The minimum absolute atomic E-state index is 0.212. The van der Waals surface area contributed by atoms with Gasteiger partial charge in [-0.1, -0.05) is 49.4 Å². The second-order valence-electron chi connectivity index (χ2n) is 6.48. The summed E-state index contributed by atoms with van der Waals surface area (Å²) in [6.07, 6.45) is 3.36. The molecule has 1 amide bonds. The molecule has 3 heterocycles. The highest BCUT2D eigenvalue weighted by Crippen LogP contribution is 2.31. The van der Waals surface area contributed by atoms with Crippen molar-refractivity contribution in [2.75, 3.05) is 6.54 Å². The molecule has 4 rings (SSSR count). The second-order valence-corrected chi connectivity index (χ2v) is 8.37. The molecule has 0 spiro atoms. The summed E-state index contributed by atoms with van der Waals surface area (Å²) in [6.45, 7) is 2.72. The van der Waals surface area contributed by atoms with E-state index in [2.05, 4.69) is 27.4 Å². The Bertz CT molecular complexity index is 1090.